The maximum atomic E-state index is 12.6. The number of aryl methyl sites for hydroxylation is 1. The lowest BCUT2D eigenvalue weighted by molar-refractivity contribution is 0.198. The van der Waals surface area contributed by atoms with Crippen LogP contribution >= 0.6 is 23.2 Å². The summed E-state index contributed by atoms with van der Waals surface area (Å²) in [5.74, 6) is 1.11. The van der Waals surface area contributed by atoms with E-state index in [1.165, 1.54) is 22.3 Å². The number of ether oxygens (including phenoxy) is 1. The normalized spacial score (nSPS) is 17.3. The fourth-order valence-corrected chi connectivity index (χ4v) is 6.75. The van der Waals surface area contributed by atoms with Gasteiger partial charge in [0.25, 0.3) is 0 Å². The largest absolute Gasteiger partial charge is 0.508 e. The predicted molar refractivity (Wildman–Crippen MR) is 171 cm³/mol. The Morgan fingerprint density at radius 2 is 1.57 bits per heavy atom. The van der Waals surface area contributed by atoms with Crippen molar-refractivity contribution >= 4 is 34.3 Å². The Balaban J connectivity index is 1.37. The summed E-state index contributed by atoms with van der Waals surface area (Å²) in [6.07, 6.45) is 4.47. The Kier molecular flexibility index (Phi) is 8.85. The maximum Gasteiger partial charge on any atom is 0.119 e. The van der Waals surface area contributed by atoms with E-state index in [1.807, 2.05) is 30.3 Å². The summed E-state index contributed by atoms with van der Waals surface area (Å²) < 4.78 is 18.9. The number of fused-ring (bicyclic) bond motifs is 1. The average Bonchev–Trinajstić information content (AvgIpc) is 3.35. The van der Waals surface area contributed by atoms with Gasteiger partial charge in [0.1, 0.15) is 17.6 Å². The summed E-state index contributed by atoms with van der Waals surface area (Å²) >= 11 is 13.1. The third kappa shape index (κ3) is 6.36. The van der Waals surface area contributed by atoms with E-state index < -0.39 is 0 Å². The van der Waals surface area contributed by atoms with Crippen molar-refractivity contribution in [2.75, 3.05) is 26.3 Å². The molecule has 0 aromatic heterocycles. The van der Waals surface area contributed by atoms with Crippen LogP contribution in [0.4, 0.5) is 4.39 Å². The summed E-state index contributed by atoms with van der Waals surface area (Å²) in [5.41, 5.74) is 9.19. The summed E-state index contributed by atoms with van der Waals surface area (Å²) in [6, 6.07) is 28.2. The van der Waals surface area contributed by atoms with Gasteiger partial charge in [-0.15, -0.1) is 0 Å². The van der Waals surface area contributed by atoms with Crippen LogP contribution in [-0.2, 0) is 6.42 Å². The van der Waals surface area contributed by atoms with Crippen molar-refractivity contribution < 1.29 is 14.2 Å². The minimum atomic E-state index is -0.274. The molecule has 0 radical (unpaired) electrons. The van der Waals surface area contributed by atoms with Crippen LogP contribution in [0.3, 0.4) is 0 Å². The van der Waals surface area contributed by atoms with Gasteiger partial charge in [0, 0.05) is 29.7 Å². The van der Waals surface area contributed by atoms with Gasteiger partial charge in [0.05, 0.1) is 6.67 Å². The van der Waals surface area contributed by atoms with Gasteiger partial charge >= 0.3 is 0 Å². The predicted octanol–water partition coefficient (Wildman–Crippen LogP) is 9.47. The van der Waals surface area contributed by atoms with E-state index in [0.717, 1.165) is 73.3 Å². The van der Waals surface area contributed by atoms with Crippen molar-refractivity contribution in [3.8, 4) is 22.6 Å². The van der Waals surface area contributed by atoms with Gasteiger partial charge < -0.3 is 9.84 Å². The smallest absolute Gasteiger partial charge is 0.119 e. The second-order valence-electron chi connectivity index (χ2n) is 11.1. The monoisotopic (exact) mass is 601 g/mol. The van der Waals surface area contributed by atoms with Crippen LogP contribution in [0.1, 0.15) is 47.9 Å². The molecule has 1 heterocycles. The number of benzene rings is 4. The van der Waals surface area contributed by atoms with Crippen LogP contribution in [0.2, 0.25) is 10.0 Å². The van der Waals surface area contributed by atoms with Crippen molar-refractivity contribution in [2.24, 2.45) is 0 Å². The molecule has 6 heteroatoms. The number of alkyl halides is 1. The van der Waals surface area contributed by atoms with Gasteiger partial charge in [0.15, 0.2) is 0 Å². The number of hydrogen-bond donors (Lipinski definition) is 1. The number of rotatable bonds is 8. The standard InChI is InChI=1S/C36H34Cl2FNO2/c37-28-10-16-33(35(38)22-28)34-4-1-3-27-21-26(24-5-11-29(41)12-6-24)9-15-32(27)36(34)25-7-13-30(14-8-25)42-31-17-20-40(23-31)19-2-18-39/h5-16,21-22,31,41H,1-4,17-20,23H2. The minimum Gasteiger partial charge on any atom is -0.508 e. The lowest BCUT2D eigenvalue weighted by Gasteiger charge is -2.19. The second-order valence-corrected chi connectivity index (χ2v) is 12.0. The number of allylic oxidation sites excluding steroid dienone is 1. The molecular weight excluding hydrogens is 568 g/mol. The summed E-state index contributed by atoms with van der Waals surface area (Å²) in [5, 5.41) is 11.0. The lowest BCUT2D eigenvalue weighted by Crippen LogP contribution is -2.26. The Labute approximate surface area is 257 Å². The molecule has 0 bridgehead atoms. The molecule has 2 aliphatic rings. The average molecular weight is 603 g/mol. The van der Waals surface area contributed by atoms with Crippen molar-refractivity contribution in [3.05, 3.63) is 117 Å². The highest BCUT2D eigenvalue weighted by atomic mass is 35.5. The molecule has 4 aromatic carbocycles. The fourth-order valence-electron chi connectivity index (χ4n) is 6.23. The van der Waals surface area contributed by atoms with Crippen LogP contribution in [0.25, 0.3) is 22.3 Å². The van der Waals surface area contributed by atoms with Gasteiger partial charge in [-0.2, -0.15) is 0 Å². The Hall–Kier alpha value is -3.31. The number of nitrogens with zero attached hydrogens (tertiary/aromatic N) is 1. The molecule has 1 N–H and O–H groups in total. The van der Waals surface area contributed by atoms with Crippen molar-refractivity contribution in [2.45, 2.75) is 38.2 Å². The zero-order chi connectivity index (χ0) is 29.1. The molecule has 6 rings (SSSR count). The summed E-state index contributed by atoms with van der Waals surface area (Å²) in [6.45, 7) is 2.30. The number of halogens is 3. The van der Waals surface area contributed by atoms with Crippen molar-refractivity contribution in [1.82, 2.24) is 4.90 Å². The third-order valence-electron chi connectivity index (χ3n) is 8.29. The molecule has 216 valence electrons. The number of phenols is 1. The Bertz CT molecular complexity index is 1580. The van der Waals surface area contributed by atoms with Crippen LogP contribution in [0, 0.1) is 0 Å². The van der Waals surface area contributed by atoms with E-state index in [2.05, 4.69) is 47.4 Å². The van der Waals surface area contributed by atoms with E-state index in [9.17, 15) is 9.50 Å². The highest BCUT2D eigenvalue weighted by Gasteiger charge is 2.25. The van der Waals surface area contributed by atoms with Crippen molar-refractivity contribution in [3.63, 3.8) is 0 Å². The van der Waals surface area contributed by atoms with Crippen LogP contribution in [-0.4, -0.2) is 42.4 Å². The van der Waals surface area contributed by atoms with E-state index in [4.69, 9.17) is 27.9 Å². The molecule has 0 spiro atoms. The first kappa shape index (κ1) is 28.8. The molecular formula is C36H34Cl2FNO2. The van der Waals surface area contributed by atoms with E-state index >= 15 is 0 Å². The number of hydrogen-bond acceptors (Lipinski definition) is 3. The van der Waals surface area contributed by atoms with Gasteiger partial charge in [-0.1, -0.05) is 71.7 Å². The minimum absolute atomic E-state index is 0.120. The molecule has 1 aliphatic heterocycles. The zero-order valence-electron chi connectivity index (χ0n) is 23.5. The molecule has 1 unspecified atom stereocenters. The number of aromatic hydroxyl groups is 1. The molecule has 4 aromatic rings. The fraction of sp³-hybridized carbons (Fsp3) is 0.278. The highest BCUT2D eigenvalue weighted by Crippen LogP contribution is 2.43. The topological polar surface area (TPSA) is 32.7 Å². The molecule has 1 aliphatic carbocycles. The van der Waals surface area contributed by atoms with Crippen molar-refractivity contribution in [1.29, 1.82) is 0 Å². The maximum absolute atomic E-state index is 12.6. The summed E-state index contributed by atoms with van der Waals surface area (Å²) in [7, 11) is 0. The lowest BCUT2D eigenvalue weighted by atomic mass is 9.87. The van der Waals surface area contributed by atoms with E-state index in [1.54, 1.807) is 12.1 Å². The SMILES string of the molecule is Oc1ccc(-c2ccc3c(c2)CCCC(c2ccc(Cl)cc2Cl)=C3c2ccc(OC3CCN(CCCF)C3)cc2)cc1. The molecule has 1 saturated heterocycles. The van der Waals surface area contributed by atoms with E-state index in [-0.39, 0.29) is 18.5 Å². The quantitative estimate of drug-likeness (QED) is 0.218. The Morgan fingerprint density at radius 1 is 0.833 bits per heavy atom. The third-order valence-corrected chi connectivity index (χ3v) is 8.84. The van der Waals surface area contributed by atoms with Crippen LogP contribution < -0.4 is 4.74 Å². The van der Waals surface area contributed by atoms with Gasteiger partial charge in [-0.05, 0) is 113 Å². The molecule has 3 nitrogen and oxygen atoms in total. The van der Waals surface area contributed by atoms with Crippen LogP contribution in [0.15, 0.2) is 84.9 Å². The highest BCUT2D eigenvalue weighted by molar-refractivity contribution is 6.36. The summed E-state index contributed by atoms with van der Waals surface area (Å²) in [4.78, 5) is 2.28. The van der Waals surface area contributed by atoms with Crippen LogP contribution in [0.5, 0.6) is 11.5 Å². The number of likely N-dealkylation sites (tertiary alicyclic amines) is 1. The Morgan fingerprint density at radius 3 is 2.33 bits per heavy atom. The zero-order valence-corrected chi connectivity index (χ0v) is 25.0. The first-order chi connectivity index (χ1) is 20.5. The molecule has 42 heavy (non-hydrogen) atoms. The van der Waals surface area contributed by atoms with E-state index in [0.29, 0.717) is 16.5 Å². The van der Waals surface area contributed by atoms with Gasteiger partial charge in [0.2, 0.25) is 0 Å². The first-order valence-electron chi connectivity index (χ1n) is 14.6. The van der Waals surface area contributed by atoms with Gasteiger partial charge in [-0.25, -0.2) is 0 Å². The van der Waals surface area contributed by atoms with Gasteiger partial charge in [-0.3, -0.25) is 9.29 Å². The first-order valence-corrected chi connectivity index (χ1v) is 15.4. The molecule has 0 amide bonds. The number of phenolic OH excluding ortho intramolecular Hbond substituents is 1. The second kappa shape index (κ2) is 12.9. The molecule has 0 saturated carbocycles. The molecule has 1 atom stereocenters. The molecule has 1 fully saturated rings.